The third-order valence-electron chi connectivity index (χ3n) is 4.90. The summed E-state index contributed by atoms with van der Waals surface area (Å²) in [4.78, 5) is 16.5. The Labute approximate surface area is 173 Å². The molecule has 0 aromatic heterocycles. The monoisotopic (exact) mass is 397 g/mol. The number of amides is 2. The Bertz CT molecular complexity index is 782. The molecule has 1 fully saturated rings. The summed E-state index contributed by atoms with van der Waals surface area (Å²) >= 11 is 0. The zero-order valence-electron chi connectivity index (χ0n) is 17.7. The number of benzene rings is 2. The van der Waals surface area contributed by atoms with Crippen LogP contribution >= 0.6 is 0 Å². The zero-order valence-corrected chi connectivity index (χ0v) is 17.7. The largest absolute Gasteiger partial charge is 0.494 e. The number of carbonyl (C=O) groups is 1. The second-order valence-corrected chi connectivity index (χ2v) is 7.57. The van der Waals surface area contributed by atoms with Gasteiger partial charge in [-0.1, -0.05) is 12.1 Å². The van der Waals surface area contributed by atoms with E-state index in [1.54, 1.807) is 11.9 Å². The normalized spacial score (nSPS) is 19.0. The van der Waals surface area contributed by atoms with Crippen molar-refractivity contribution in [2.75, 3.05) is 37.0 Å². The number of rotatable bonds is 6. The number of nitrogens with zero attached hydrogens (tertiary/aromatic N) is 2. The lowest BCUT2D eigenvalue weighted by molar-refractivity contribution is -0.00521. The molecule has 6 heteroatoms. The van der Waals surface area contributed by atoms with Crippen LogP contribution in [0.2, 0.25) is 0 Å². The lowest BCUT2D eigenvalue weighted by Gasteiger charge is -2.36. The maximum atomic E-state index is 12.5. The van der Waals surface area contributed by atoms with Gasteiger partial charge < -0.3 is 24.6 Å². The fraction of sp³-hybridized carbons (Fsp3) is 0.435. The maximum absolute atomic E-state index is 12.5. The zero-order chi connectivity index (χ0) is 20.8. The first-order valence-electron chi connectivity index (χ1n) is 10.2. The van der Waals surface area contributed by atoms with Gasteiger partial charge in [-0.15, -0.1) is 0 Å². The van der Waals surface area contributed by atoms with E-state index in [1.807, 2.05) is 55.5 Å². The van der Waals surface area contributed by atoms with Crippen LogP contribution in [0.1, 0.15) is 26.3 Å². The average Bonchev–Trinajstić information content (AvgIpc) is 2.69. The van der Waals surface area contributed by atoms with Crippen LogP contribution < -0.4 is 15.0 Å². The van der Waals surface area contributed by atoms with Gasteiger partial charge in [0.1, 0.15) is 5.75 Å². The van der Waals surface area contributed by atoms with E-state index >= 15 is 0 Å². The van der Waals surface area contributed by atoms with Crippen LogP contribution in [0.25, 0.3) is 0 Å². The molecule has 0 bridgehead atoms. The van der Waals surface area contributed by atoms with Crippen molar-refractivity contribution in [3.8, 4) is 5.75 Å². The minimum atomic E-state index is -0.139. The summed E-state index contributed by atoms with van der Waals surface area (Å²) in [6.45, 7) is 9.07. The molecule has 1 aliphatic rings. The van der Waals surface area contributed by atoms with Crippen molar-refractivity contribution in [3.63, 3.8) is 0 Å². The van der Waals surface area contributed by atoms with Crippen molar-refractivity contribution in [1.82, 2.24) is 4.90 Å². The van der Waals surface area contributed by atoms with Crippen LogP contribution in [0.5, 0.6) is 5.75 Å². The van der Waals surface area contributed by atoms with Gasteiger partial charge in [0, 0.05) is 38.1 Å². The molecule has 0 spiro atoms. The van der Waals surface area contributed by atoms with Gasteiger partial charge in [0.25, 0.3) is 0 Å². The highest BCUT2D eigenvalue weighted by atomic mass is 16.5. The number of hydrogen-bond donors (Lipinski definition) is 1. The van der Waals surface area contributed by atoms with Gasteiger partial charge in [-0.2, -0.15) is 0 Å². The van der Waals surface area contributed by atoms with Gasteiger partial charge in [-0.25, -0.2) is 4.79 Å². The summed E-state index contributed by atoms with van der Waals surface area (Å²) in [7, 11) is 1.79. The van der Waals surface area contributed by atoms with E-state index in [9.17, 15) is 4.79 Å². The first-order valence-corrected chi connectivity index (χ1v) is 10.2. The molecule has 2 aromatic carbocycles. The van der Waals surface area contributed by atoms with Gasteiger partial charge in [-0.05, 0) is 62.7 Å². The topological polar surface area (TPSA) is 54.0 Å². The first kappa shape index (κ1) is 21.0. The standard InChI is InChI=1S/C23H31N3O3/c1-5-28-22-12-6-19(7-13-22)16-25(4)23(27)24-20-8-10-21(11-9-20)26-14-17(2)29-18(3)15-26/h6-13,17-18H,5,14-16H2,1-4H3,(H,24,27). The van der Waals surface area contributed by atoms with E-state index in [0.29, 0.717) is 13.2 Å². The molecule has 3 rings (SSSR count). The molecule has 2 aromatic rings. The Morgan fingerprint density at radius 2 is 1.72 bits per heavy atom. The van der Waals surface area contributed by atoms with E-state index in [4.69, 9.17) is 9.47 Å². The van der Waals surface area contributed by atoms with E-state index in [1.165, 1.54) is 0 Å². The van der Waals surface area contributed by atoms with E-state index < -0.39 is 0 Å². The molecular formula is C23H31N3O3. The van der Waals surface area contributed by atoms with Crippen LogP contribution in [0.3, 0.4) is 0 Å². The van der Waals surface area contributed by atoms with Crippen molar-refractivity contribution in [1.29, 1.82) is 0 Å². The number of anilines is 2. The number of urea groups is 1. The van der Waals surface area contributed by atoms with Gasteiger partial charge >= 0.3 is 6.03 Å². The summed E-state index contributed by atoms with van der Waals surface area (Å²) in [6, 6.07) is 15.7. The molecule has 2 atom stereocenters. The summed E-state index contributed by atoms with van der Waals surface area (Å²) in [6.07, 6.45) is 0.434. The molecular weight excluding hydrogens is 366 g/mol. The van der Waals surface area contributed by atoms with Crippen molar-refractivity contribution in [2.45, 2.75) is 39.5 Å². The molecule has 1 aliphatic heterocycles. The second-order valence-electron chi connectivity index (χ2n) is 7.57. The van der Waals surface area contributed by atoms with Crippen LogP contribution in [0.15, 0.2) is 48.5 Å². The minimum absolute atomic E-state index is 0.139. The van der Waals surface area contributed by atoms with Gasteiger partial charge in [0.15, 0.2) is 0 Å². The molecule has 1 N–H and O–H groups in total. The molecule has 156 valence electrons. The third-order valence-corrected chi connectivity index (χ3v) is 4.90. The molecule has 2 amide bonds. The Morgan fingerprint density at radius 3 is 2.31 bits per heavy atom. The minimum Gasteiger partial charge on any atom is -0.494 e. The number of morpholine rings is 1. The fourth-order valence-corrected chi connectivity index (χ4v) is 3.57. The number of ether oxygens (including phenoxy) is 2. The highest BCUT2D eigenvalue weighted by Gasteiger charge is 2.22. The number of nitrogens with one attached hydrogen (secondary N) is 1. The second kappa shape index (κ2) is 9.65. The third kappa shape index (κ3) is 5.87. The molecule has 29 heavy (non-hydrogen) atoms. The molecule has 1 saturated heterocycles. The Hall–Kier alpha value is -2.73. The molecule has 6 nitrogen and oxygen atoms in total. The highest BCUT2D eigenvalue weighted by molar-refractivity contribution is 5.89. The van der Waals surface area contributed by atoms with Gasteiger partial charge in [0.2, 0.25) is 0 Å². The number of carbonyl (C=O) groups excluding carboxylic acids is 1. The van der Waals surface area contributed by atoms with Crippen molar-refractivity contribution < 1.29 is 14.3 Å². The summed E-state index contributed by atoms with van der Waals surface area (Å²) in [5.41, 5.74) is 2.98. The van der Waals surface area contributed by atoms with Crippen LogP contribution in [0.4, 0.5) is 16.2 Å². The van der Waals surface area contributed by atoms with Crippen LogP contribution in [-0.2, 0) is 11.3 Å². The quantitative estimate of drug-likeness (QED) is 0.787. The Kier molecular flexibility index (Phi) is 6.99. The first-order chi connectivity index (χ1) is 13.9. The highest BCUT2D eigenvalue weighted by Crippen LogP contribution is 2.22. The van der Waals surface area contributed by atoms with E-state index in [-0.39, 0.29) is 18.2 Å². The lowest BCUT2D eigenvalue weighted by Crippen LogP contribution is -2.45. The van der Waals surface area contributed by atoms with Crippen molar-refractivity contribution >= 4 is 17.4 Å². The summed E-state index contributed by atoms with van der Waals surface area (Å²) in [5.74, 6) is 0.840. The molecule has 1 heterocycles. The van der Waals surface area contributed by atoms with Crippen molar-refractivity contribution in [3.05, 3.63) is 54.1 Å². The smallest absolute Gasteiger partial charge is 0.321 e. The summed E-state index contributed by atoms with van der Waals surface area (Å²) < 4.78 is 11.3. The summed E-state index contributed by atoms with van der Waals surface area (Å²) in [5, 5.41) is 2.96. The SMILES string of the molecule is CCOc1ccc(CN(C)C(=O)Nc2ccc(N3CC(C)OC(C)C3)cc2)cc1. The Balaban J connectivity index is 1.54. The average molecular weight is 398 g/mol. The predicted octanol–water partition coefficient (Wildman–Crippen LogP) is 4.36. The predicted molar refractivity (Wildman–Crippen MR) is 117 cm³/mol. The van der Waals surface area contributed by atoms with Gasteiger partial charge in [-0.3, -0.25) is 0 Å². The fourth-order valence-electron chi connectivity index (χ4n) is 3.57. The van der Waals surface area contributed by atoms with Crippen LogP contribution in [-0.4, -0.2) is 49.9 Å². The van der Waals surface area contributed by atoms with Crippen LogP contribution in [0, 0.1) is 0 Å². The number of hydrogen-bond acceptors (Lipinski definition) is 4. The molecule has 0 radical (unpaired) electrons. The Morgan fingerprint density at radius 1 is 1.10 bits per heavy atom. The molecule has 0 aliphatic carbocycles. The maximum Gasteiger partial charge on any atom is 0.321 e. The molecule has 0 saturated carbocycles. The molecule has 2 unspecified atom stereocenters. The van der Waals surface area contributed by atoms with E-state index in [2.05, 4.69) is 24.1 Å². The lowest BCUT2D eigenvalue weighted by atomic mass is 10.2. The van der Waals surface area contributed by atoms with E-state index in [0.717, 1.165) is 35.8 Å². The van der Waals surface area contributed by atoms with Gasteiger partial charge in [0.05, 0.1) is 18.8 Å². The van der Waals surface area contributed by atoms with Crippen molar-refractivity contribution in [2.24, 2.45) is 0 Å².